The van der Waals surface area contributed by atoms with Crippen molar-refractivity contribution in [3.8, 4) is 16.3 Å². The second kappa shape index (κ2) is 4.59. The van der Waals surface area contributed by atoms with Crippen LogP contribution in [0.25, 0.3) is 10.6 Å². The minimum atomic E-state index is -0.398. The molecule has 1 N–H and O–H groups in total. The van der Waals surface area contributed by atoms with Crippen LogP contribution in [0.4, 0.5) is 4.39 Å². The van der Waals surface area contributed by atoms with Crippen LogP contribution in [-0.2, 0) is 6.61 Å². The van der Waals surface area contributed by atoms with Crippen LogP contribution >= 0.6 is 11.3 Å². The van der Waals surface area contributed by atoms with Crippen LogP contribution in [0, 0.1) is 5.82 Å². The zero-order valence-electron chi connectivity index (χ0n) is 8.61. The molecule has 0 fully saturated rings. The molecule has 0 amide bonds. The Bertz CT molecular complexity index is 498. The van der Waals surface area contributed by atoms with E-state index in [0.717, 1.165) is 10.6 Å². The van der Waals surface area contributed by atoms with E-state index in [2.05, 4.69) is 4.98 Å². The highest BCUT2D eigenvalue weighted by molar-refractivity contribution is 7.13. The Hall–Kier alpha value is -1.46. The van der Waals surface area contributed by atoms with Crippen molar-refractivity contribution in [1.29, 1.82) is 0 Å². The second-order valence-corrected chi connectivity index (χ2v) is 4.01. The average molecular weight is 239 g/mol. The summed E-state index contributed by atoms with van der Waals surface area (Å²) in [5, 5.41) is 11.4. The monoisotopic (exact) mass is 239 g/mol. The molecule has 16 heavy (non-hydrogen) atoms. The van der Waals surface area contributed by atoms with E-state index in [1.807, 2.05) is 0 Å². The molecule has 0 aliphatic carbocycles. The number of aliphatic hydroxyl groups is 1. The van der Waals surface area contributed by atoms with Crippen LogP contribution in [0.5, 0.6) is 5.75 Å². The Balaban J connectivity index is 2.40. The quantitative estimate of drug-likeness (QED) is 0.894. The number of hydrogen-bond donors (Lipinski definition) is 1. The minimum Gasteiger partial charge on any atom is -0.494 e. The molecule has 1 heterocycles. The van der Waals surface area contributed by atoms with Gasteiger partial charge in [0, 0.05) is 10.9 Å². The fourth-order valence-electron chi connectivity index (χ4n) is 1.31. The lowest BCUT2D eigenvalue weighted by Crippen LogP contribution is -1.89. The summed E-state index contributed by atoms with van der Waals surface area (Å²) in [7, 11) is 1.42. The number of aliphatic hydroxyl groups excluding tert-OH is 1. The van der Waals surface area contributed by atoms with Crippen molar-refractivity contribution in [3.05, 3.63) is 35.1 Å². The lowest BCUT2D eigenvalue weighted by atomic mass is 10.2. The Morgan fingerprint density at radius 2 is 2.31 bits per heavy atom. The molecule has 1 aromatic heterocycles. The van der Waals surface area contributed by atoms with Crippen LogP contribution in [0.1, 0.15) is 5.69 Å². The summed E-state index contributed by atoms with van der Waals surface area (Å²) in [5.74, 6) is -0.205. The van der Waals surface area contributed by atoms with Gasteiger partial charge >= 0.3 is 0 Å². The first-order valence-corrected chi connectivity index (χ1v) is 5.51. The molecule has 5 heteroatoms. The molecule has 0 unspecified atom stereocenters. The molecular formula is C11H10FNO2S. The van der Waals surface area contributed by atoms with Crippen molar-refractivity contribution < 1.29 is 14.2 Å². The molecule has 84 valence electrons. The molecule has 0 saturated heterocycles. The van der Waals surface area contributed by atoms with Crippen molar-refractivity contribution >= 4 is 11.3 Å². The molecule has 3 nitrogen and oxygen atoms in total. The van der Waals surface area contributed by atoms with Gasteiger partial charge in [-0.25, -0.2) is 9.37 Å². The number of benzene rings is 1. The van der Waals surface area contributed by atoms with Gasteiger partial charge in [-0.05, 0) is 18.2 Å². The van der Waals surface area contributed by atoms with Crippen molar-refractivity contribution in [2.24, 2.45) is 0 Å². The third-order valence-corrected chi connectivity index (χ3v) is 3.05. The van der Waals surface area contributed by atoms with Gasteiger partial charge < -0.3 is 9.84 Å². The van der Waals surface area contributed by atoms with E-state index in [1.165, 1.54) is 24.5 Å². The first kappa shape index (κ1) is 11.0. The Labute approximate surface area is 96.2 Å². The zero-order valence-corrected chi connectivity index (χ0v) is 9.42. The number of aromatic nitrogens is 1. The molecule has 0 aliphatic heterocycles. The molecule has 0 saturated carbocycles. The zero-order chi connectivity index (χ0) is 11.5. The molecule has 2 aromatic rings. The summed E-state index contributed by atoms with van der Waals surface area (Å²) in [6.07, 6.45) is 0. The maximum Gasteiger partial charge on any atom is 0.165 e. The third kappa shape index (κ3) is 2.05. The number of methoxy groups -OCH3 is 1. The van der Waals surface area contributed by atoms with Crippen LogP contribution in [0.15, 0.2) is 23.6 Å². The predicted molar refractivity (Wildman–Crippen MR) is 60.0 cm³/mol. The van der Waals surface area contributed by atoms with E-state index in [-0.39, 0.29) is 12.4 Å². The largest absolute Gasteiger partial charge is 0.494 e. The number of ether oxygens (including phenoxy) is 1. The molecule has 0 spiro atoms. The summed E-state index contributed by atoms with van der Waals surface area (Å²) < 4.78 is 18.1. The second-order valence-electron chi connectivity index (χ2n) is 3.15. The first-order valence-electron chi connectivity index (χ1n) is 4.63. The lowest BCUT2D eigenvalue weighted by molar-refractivity contribution is 0.278. The molecule has 0 aliphatic rings. The number of thiazole rings is 1. The van der Waals surface area contributed by atoms with Gasteiger partial charge in [-0.1, -0.05) is 0 Å². The van der Waals surface area contributed by atoms with Gasteiger partial charge in [0.2, 0.25) is 0 Å². The number of nitrogens with zero attached hydrogens (tertiary/aromatic N) is 1. The SMILES string of the molecule is COc1cc(-c2nc(CO)cs2)ccc1F. The summed E-state index contributed by atoms with van der Waals surface area (Å²) in [4.78, 5) is 4.19. The fraction of sp³-hybridized carbons (Fsp3) is 0.182. The molecular weight excluding hydrogens is 229 g/mol. The van der Waals surface area contributed by atoms with Crippen molar-refractivity contribution in [2.45, 2.75) is 6.61 Å². The minimum absolute atomic E-state index is 0.0885. The van der Waals surface area contributed by atoms with Crippen LogP contribution in [0.2, 0.25) is 0 Å². The van der Waals surface area contributed by atoms with Crippen LogP contribution < -0.4 is 4.74 Å². The highest BCUT2D eigenvalue weighted by Gasteiger charge is 2.08. The summed E-state index contributed by atoms with van der Waals surface area (Å²) in [5.41, 5.74) is 1.39. The topological polar surface area (TPSA) is 42.4 Å². The summed E-state index contributed by atoms with van der Waals surface area (Å²) >= 11 is 1.40. The Morgan fingerprint density at radius 1 is 1.50 bits per heavy atom. The van der Waals surface area contributed by atoms with E-state index in [1.54, 1.807) is 17.5 Å². The predicted octanol–water partition coefficient (Wildman–Crippen LogP) is 2.45. The van der Waals surface area contributed by atoms with Crippen LogP contribution in [0.3, 0.4) is 0 Å². The molecule has 0 radical (unpaired) electrons. The lowest BCUT2D eigenvalue weighted by Gasteiger charge is -2.03. The number of rotatable bonds is 3. The first-order chi connectivity index (χ1) is 7.74. The van der Waals surface area contributed by atoms with Crippen molar-refractivity contribution in [2.75, 3.05) is 7.11 Å². The van der Waals surface area contributed by atoms with Gasteiger partial charge in [0.05, 0.1) is 19.4 Å². The van der Waals surface area contributed by atoms with E-state index >= 15 is 0 Å². The van der Waals surface area contributed by atoms with E-state index in [4.69, 9.17) is 9.84 Å². The van der Waals surface area contributed by atoms with Gasteiger partial charge in [-0.2, -0.15) is 0 Å². The van der Waals surface area contributed by atoms with E-state index in [0.29, 0.717) is 5.69 Å². The highest BCUT2D eigenvalue weighted by atomic mass is 32.1. The van der Waals surface area contributed by atoms with E-state index in [9.17, 15) is 4.39 Å². The van der Waals surface area contributed by atoms with Gasteiger partial charge in [0.1, 0.15) is 5.01 Å². The number of halogens is 1. The molecule has 1 aromatic carbocycles. The fourth-order valence-corrected chi connectivity index (χ4v) is 2.11. The van der Waals surface area contributed by atoms with Crippen molar-refractivity contribution in [1.82, 2.24) is 4.98 Å². The van der Waals surface area contributed by atoms with Crippen LogP contribution in [-0.4, -0.2) is 17.2 Å². The summed E-state index contributed by atoms with van der Waals surface area (Å²) in [6, 6.07) is 4.57. The van der Waals surface area contributed by atoms with Gasteiger partial charge in [-0.15, -0.1) is 11.3 Å². The maximum absolute atomic E-state index is 13.2. The normalized spacial score (nSPS) is 10.4. The summed E-state index contributed by atoms with van der Waals surface area (Å²) in [6.45, 7) is -0.0885. The maximum atomic E-state index is 13.2. The average Bonchev–Trinajstić information content (AvgIpc) is 2.78. The smallest absolute Gasteiger partial charge is 0.165 e. The Kier molecular flexibility index (Phi) is 3.17. The third-order valence-electron chi connectivity index (χ3n) is 2.11. The van der Waals surface area contributed by atoms with E-state index < -0.39 is 5.82 Å². The molecule has 2 rings (SSSR count). The van der Waals surface area contributed by atoms with Crippen molar-refractivity contribution in [3.63, 3.8) is 0 Å². The highest BCUT2D eigenvalue weighted by Crippen LogP contribution is 2.28. The van der Waals surface area contributed by atoms with Gasteiger partial charge in [0.15, 0.2) is 11.6 Å². The Morgan fingerprint density at radius 3 is 2.94 bits per heavy atom. The van der Waals surface area contributed by atoms with Gasteiger partial charge in [-0.3, -0.25) is 0 Å². The molecule has 0 atom stereocenters. The van der Waals surface area contributed by atoms with Gasteiger partial charge in [0.25, 0.3) is 0 Å². The molecule has 0 bridgehead atoms. The standard InChI is InChI=1S/C11H10FNO2S/c1-15-10-4-7(2-3-9(10)12)11-13-8(5-14)6-16-11/h2-4,6,14H,5H2,1H3. The number of hydrogen-bond acceptors (Lipinski definition) is 4.